The van der Waals surface area contributed by atoms with Crippen LogP contribution in [0.4, 0.5) is 0 Å². The first-order chi connectivity index (χ1) is 11.5. The van der Waals surface area contributed by atoms with Gasteiger partial charge in [0.1, 0.15) is 0 Å². The van der Waals surface area contributed by atoms with Crippen LogP contribution in [0.5, 0.6) is 0 Å². The summed E-state index contributed by atoms with van der Waals surface area (Å²) in [6.45, 7) is 12.6. The Morgan fingerprint density at radius 2 is 1.96 bits per heavy atom. The van der Waals surface area contributed by atoms with E-state index >= 15 is 0 Å². The zero-order chi connectivity index (χ0) is 17.3. The molecule has 1 atom stereocenters. The van der Waals surface area contributed by atoms with Crippen LogP contribution in [0.25, 0.3) is 5.78 Å². The van der Waals surface area contributed by atoms with Gasteiger partial charge in [-0.05, 0) is 33.4 Å². The molecular formula is C16H24N6OS. The molecule has 0 aliphatic carbocycles. The fraction of sp³-hybridized carbons (Fsp3) is 0.625. The lowest BCUT2D eigenvalue weighted by Gasteiger charge is -2.35. The van der Waals surface area contributed by atoms with Crippen LogP contribution in [0.3, 0.4) is 0 Å². The van der Waals surface area contributed by atoms with Crippen LogP contribution in [0, 0.1) is 13.8 Å². The molecule has 3 rings (SSSR count). The van der Waals surface area contributed by atoms with Crippen LogP contribution in [-0.2, 0) is 4.79 Å². The average Bonchev–Trinajstić information content (AvgIpc) is 2.96. The SMILES string of the molecule is CCN1CCN(C(=O)[C@@H](C)Sc2nc3nc(C)cc(C)n3n2)CC1. The molecule has 2 aromatic heterocycles. The van der Waals surface area contributed by atoms with E-state index in [1.807, 2.05) is 31.7 Å². The first-order valence-electron chi connectivity index (χ1n) is 8.36. The summed E-state index contributed by atoms with van der Waals surface area (Å²) in [5.74, 6) is 0.752. The second-order valence-electron chi connectivity index (χ2n) is 6.16. The zero-order valence-electron chi connectivity index (χ0n) is 14.7. The number of amides is 1. The first kappa shape index (κ1) is 17.2. The molecule has 7 nitrogen and oxygen atoms in total. The molecule has 24 heavy (non-hydrogen) atoms. The van der Waals surface area contributed by atoms with Gasteiger partial charge in [-0.25, -0.2) is 9.50 Å². The molecule has 0 unspecified atom stereocenters. The van der Waals surface area contributed by atoms with Crippen molar-refractivity contribution in [3.63, 3.8) is 0 Å². The quantitative estimate of drug-likeness (QED) is 0.778. The predicted octanol–water partition coefficient (Wildman–Crippen LogP) is 1.39. The number of aromatic nitrogens is 4. The molecule has 0 radical (unpaired) electrons. The fourth-order valence-corrected chi connectivity index (χ4v) is 3.78. The van der Waals surface area contributed by atoms with Gasteiger partial charge in [-0.2, -0.15) is 4.98 Å². The third-order valence-electron chi connectivity index (χ3n) is 4.36. The number of fused-ring (bicyclic) bond motifs is 1. The Morgan fingerprint density at radius 1 is 1.25 bits per heavy atom. The Bertz CT molecular complexity index is 737. The van der Waals surface area contributed by atoms with Crippen molar-refractivity contribution >= 4 is 23.4 Å². The maximum absolute atomic E-state index is 12.6. The number of rotatable bonds is 4. The number of aryl methyl sites for hydroxylation is 2. The van der Waals surface area contributed by atoms with E-state index in [1.165, 1.54) is 11.8 Å². The van der Waals surface area contributed by atoms with E-state index in [9.17, 15) is 4.79 Å². The minimum absolute atomic E-state index is 0.162. The fourth-order valence-electron chi connectivity index (χ4n) is 2.95. The maximum atomic E-state index is 12.6. The molecule has 0 spiro atoms. The van der Waals surface area contributed by atoms with Crippen molar-refractivity contribution in [3.8, 4) is 0 Å². The van der Waals surface area contributed by atoms with Crippen molar-refractivity contribution in [2.24, 2.45) is 0 Å². The van der Waals surface area contributed by atoms with Crippen LogP contribution >= 0.6 is 11.8 Å². The van der Waals surface area contributed by atoms with Gasteiger partial charge in [0, 0.05) is 37.6 Å². The molecule has 0 bridgehead atoms. The van der Waals surface area contributed by atoms with Gasteiger partial charge in [0.25, 0.3) is 5.78 Å². The number of hydrogen-bond acceptors (Lipinski definition) is 6. The highest BCUT2D eigenvalue weighted by Crippen LogP contribution is 2.22. The van der Waals surface area contributed by atoms with Crippen molar-refractivity contribution in [2.45, 2.75) is 38.1 Å². The van der Waals surface area contributed by atoms with Gasteiger partial charge in [-0.1, -0.05) is 18.7 Å². The summed E-state index contributed by atoms with van der Waals surface area (Å²) in [7, 11) is 0. The van der Waals surface area contributed by atoms with E-state index in [-0.39, 0.29) is 11.2 Å². The highest BCUT2D eigenvalue weighted by atomic mass is 32.2. The van der Waals surface area contributed by atoms with Gasteiger partial charge in [0.05, 0.1) is 5.25 Å². The third-order valence-corrected chi connectivity index (χ3v) is 5.30. The van der Waals surface area contributed by atoms with Crippen LogP contribution in [0.1, 0.15) is 25.2 Å². The molecule has 0 N–H and O–H groups in total. The summed E-state index contributed by atoms with van der Waals surface area (Å²) in [4.78, 5) is 25.8. The summed E-state index contributed by atoms with van der Waals surface area (Å²) < 4.78 is 1.73. The lowest BCUT2D eigenvalue weighted by Crippen LogP contribution is -2.50. The Morgan fingerprint density at radius 3 is 2.62 bits per heavy atom. The summed E-state index contributed by atoms with van der Waals surface area (Å²) in [6, 6.07) is 1.97. The summed E-state index contributed by atoms with van der Waals surface area (Å²) in [5, 5.41) is 4.88. The number of thioether (sulfide) groups is 1. The van der Waals surface area contributed by atoms with Gasteiger partial charge >= 0.3 is 0 Å². The van der Waals surface area contributed by atoms with E-state index < -0.39 is 0 Å². The smallest absolute Gasteiger partial charge is 0.253 e. The maximum Gasteiger partial charge on any atom is 0.253 e. The molecule has 1 saturated heterocycles. The van der Waals surface area contributed by atoms with E-state index in [1.54, 1.807) is 4.52 Å². The normalized spacial score (nSPS) is 17.4. The highest BCUT2D eigenvalue weighted by molar-refractivity contribution is 8.00. The molecule has 1 fully saturated rings. The van der Waals surface area contributed by atoms with Crippen molar-refractivity contribution in [3.05, 3.63) is 17.5 Å². The number of hydrogen-bond donors (Lipinski definition) is 0. The Hall–Kier alpha value is -1.67. The average molecular weight is 348 g/mol. The minimum atomic E-state index is -0.197. The van der Waals surface area contributed by atoms with Gasteiger partial charge in [-0.15, -0.1) is 5.10 Å². The number of likely N-dealkylation sites (N-methyl/N-ethyl adjacent to an activating group) is 1. The predicted molar refractivity (Wildman–Crippen MR) is 94.3 cm³/mol. The lowest BCUT2D eigenvalue weighted by molar-refractivity contribution is -0.132. The molecule has 1 aliphatic rings. The lowest BCUT2D eigenvalue weighted by atomic mass is 10.3. The van der Waals surface area contributed by atoms with E-state index in [4.69, 9.17) is 0 Å². The van der Waals surface area contributed by atoms with Crippen LogP contribution in [-0.4, -0.2) is 73.3 Å². The standard InChI is InChI=1S/C16H24N6OS/c1-5-20-6-8-21(9-7-20)14(23)13(4)24-16-18-15-17-11(2)10-12(3)22(15)19-16/h10,13H,5-9H2,1-4H3/t13-/m1/s1. The van der Waals surface area contributed by atoms with Crippen molar-refractivity contribution in [1.29, 1.82) is 0 Å². The second kappa shape index (κ2) is 7.06. The second-order valence-corrected chi connectivity index (χ2v) is 7.47. The molecule has 2 aromatic rings. The Labute approximate surface area is 146 Å². The van der Waals surface area contributed by atoms with Crippen molar-refractivity contribution in [2.75, 3.05) is 32.7 Å². The van der Waals surface area contributed by atoms with Gasteiger partial charge in [0.2, 0.25) is 11.1 Å². The summed E-state index contributed by atoms with van der Waals surface area (Å²) >= 11 is 1.40. The number of nitrogens with zero attached hydrogens (tertiary/aromatic N) is 6. The molecule has 1 aliphatic heterocycles. The van der Waals surface area contributed by atoms with Gasteiger partial charge in [-0.3, -0.25) is 4.79 Å². The van der Waals surface area contributed by atoms with E-state index in [0.717, 1.165) is 44.1 Å². The van der Waals surface area contributed by atoms with Crippen LogP contribution in [0.2, 0.25) is 0 Å². The van der Waals surface area contributed by atoms with Gasteiger partial charge in [0.15, 0.2) is 0 Å². The third kappa shape index (κ3) is 3.54. The molecule has 130 valence electrons. The highest BCUT2D eigenvalue weighted by Gasteiger charge is 2.26. The Kier molecular flexibility index (Phi) is 5.05. The molecule has 1 amide bonds. The van der Waals surface area contributed by atoms with Gasteiger partial charge < -0.3 is 9.80 Å². The van der Waals surface area contributed by atoms with E-state index in [0.29, 0.717) is 10.9 Å². The van der Waals surface area contributed by atoms with Crippen molar-refractivity contribution < 1.29 is 4.79 Å². The summed E-state index contributed by atoms with van der Waals surface area (Å²) in [5.41, 5.74) is 1.91. The topological polar surface area (TPSA) is 66.6 Å². The number of carbonyl (C=O) groups excluding carboxylic acids is 1. The molecule has 8 heteroatoms. The van der Waals surface area contributed by atoms with Crippen LogP contribution in [0.15, 0.2) is 11.2 Å². The monoisotopic (exact) mass is 348 g/mol. The number of piperazine rings is 1. The molecule has 0 saturated carbocycles. The molecule has 0 aromatic carbocycles. The largest absolute Gasteiger partial charge is 0.339 e. The first-order valence-corrected chi connectivity index (χ1v) is 9.24. The van der Waals surface area contributed by atoms with E-state index in [2.05, 4.69) is 26.9 Å². The Balaban J connectivity index is 1.67. The zero-order valence-corrected chi connectivity index (χ0v) is 15.5. The summed E-state index contributed by atoms with van der Waals surface area (Å²) in [6.07, 6.45) is 0. The minimum Gasteiger partial charge on any atom is -0.339 e. The number of carbonyl (C=O) groups is 1. The molecular weight excluding hydrogens is 324 g/mol. The van der Waals surface area contributed by atoms with Crippen LogP contribution < -0.4 is 0 Å². The van der Waals surface area contributed by atoms with Crippen molar-refractivity contribution in [1.82, 2.24) is 29.4 Å². The molecule has 3 heterocycles.